The first-order valence-electron chi connectivity index (χ1n) is 6.24. The summed E-state index contributed by atoms with van der Waals surface area (Å²) >= 11 is 0. The van der Waals surface area contributed by atoms with Crippen molar-refractivity contribution in [2.75, 3.05) is 0 Å². The molecule has 0 aliphatic heterocycles. The number of carboxylic acids is 3. The fourth-order valence-corrected chi connectivity index (χ4v) is 1.26. The maximum Gasteiger partial charge on any atom is 0.372 e. The zero-order valence-corrected chi connectivity index (χ0v) is 11.6. The molecule has 0 amide bonds. The van der Waals surface area contributed by atoms with Crippen molar-refractivity contribution in [1.29, 1.82) is 0 Å². The van der Waals surface area contributed by atoms with Gasteiger partial charge in [0.1, 0.15) is 6.04 Å². The molecule has 0 fully saturated rings. The van der Waals surface area contributed by atoms with Crippen LogP contribution in [0.15, 0.2) is 30.3 Å². The summed E-state index contributed by atoms with van der Waals surface area (Å²) in [6.07, 6.45) is -0.256. The molecule has 0 saturated heterocycles. The molecule has 0 spiro atoms. The first-order valence-corrected chi connectivity index (χ1v) is 6.24. The molecule has 0 heterocycles. The minimum Gasteiger partial charge on any atom is -0.481 e. The molecule has 8 heteroatoms. The van der Waals surface area contributed by atoms with Gasteiger partial charge in [0.25, 0.3) is 0 Å². The van der Waals surface area contributed by atoms with Crippen molar-refractivity contribution in [1.82, 2.24) is 0 Å². The van der Waals surface area contributed by atoms with Crippen molar-refractivity contribution >= 4 is 23.7 Å². The maximum absolute atomic E-state index is 10.7. The molecule has 0 aliphatic carbocycles. The second kappa shape index (κ2) is 10.1. The lowest BCUT2D eigenvalue weighted by atomic mass is 10.1. The van der Waals surface area contributed by atoms with E-state index in [1.807, 2.05) is 6.07 Å². The van der Waals surface area contributed by atoms with E-state index in [4.69, 9.17) is 21.1 Å². The summed E-state index contributed by atoms with van der Waals surface area (Å²) in [7, 11) is 0. The van der Waals surface area contributed by atoms with Crippen molar-refractivity contribution in [3.63, 3.8) is 0 Å². The number of carbonyl (C=O) groups excluding carboxylic acids is 1. The fourth-order valence-electron chi connectivity index (χ4n) is 1.26. The van der Waals surface area contributed by atoms with Crippen LogP contribution in [0.1, 0.15) is 18.4 Å². The number of benzene rings is 1. The van der Waals surface area contributed by atoms with Crippen molar-refractivity contribution < 1.29 is 34.5 Å². The first kappa shape index (κ1) is 19.3. The second-order valence-electron chi connectivity index (χ2n) is 4.27. The summed E-state index contributed by atoms with van der Waals surface area (Å²) in [5, 5.41) is 24.6. The van der Waals surface area contributed by atoms with E-state index in [1.165, 1.54) is 0 Å². The lowest BCUT2D eigenvalue weighted by Crippen LogP contribution is -2.30. The van der Waals surface area contributed by atoms with Crippen LogP contribution in [-0.2, 0) is 25.6 Å². The molecule has 0 saturated carbocycles. The van der Waals surface area contributed by atoms with Crippen molar-refractivity contribution in [3.8, 4) is 0 Å². The number of hydrogen-bond acceptors (Lipinski definition) is 5. The third-order valence-corrected chi connectivity index (χ3v) is 2.43. The van der Waals surface area contributed by atoms with E-state index in [9.17, 15) is 19.2 Å². The van der Waals surface area contributed by atoms with Crippen LogP contribution in [0.4, 0.5) is 0 Å². The van der Waals surface area contributed by atoms with Crippen LogP contribution in [0.2, 0.25) is 0 Å². The van der Waals surface area contributed by atoms with E-state index in [1.54, 1.807) is 24.3 Å². The molecule has 1 aromatic rings. The summed E-state index contributed by atoms with van der Waals surface area (Å²) in [5.74, 6) is -4.35. The number of aliphatic carboxylic acids is 3. The number of nitrogens with two attached hydrogens (primary N) is 1. The van der Waals surface area contributed by atoms with E-state index < -0.39 is 29.7 Å². The van der Waals surface area contributed by atoms with E-state index in [-0.39, 0.29) is 19.3 Å². The van der Waals surface area contributed by atoms with Gasteiger partial charge in [-0.2, -0.15) is 0 Å². The Morgan fingerprint density at radius 3 is 1.95 bits per heavy atom. The molecule has 0 aromatic heterocycles. The average molecular weight is 311 g/mol. The lowest BCUT2D eigenvalue weighted by molar-refractivity contribution is -0.148. The zero-order chi connectivity index (χ0) is 17.1. The number of Topliss-reactive ketones (excluding diaryl/α,β-unsaturated/α-hetero) is 1. The van der Waals surface area contributed by atoms with Gasteiger partial charge in [-0.3, -0.25) is 14.4 Å². The molecule has 1 rings (SSSR count). The fraction of sp³-hybridized carbons (Fsp3) is 0.286. The maximum atomic E-state index is 10.7. The van der Waals surface area contributed by atoms with Gasteiger partial charge in [-0.25, -0.2) is 4.79 Å². The third-order valence-electron chi connectivity index (χ3n) is 2.43. The van der Waals surface area contributed by atoms with Crippen LogP contribution in [0.3, 0.4) is 0 Å². The summed E-state index contributed by atoms with van der Waals surface area (Å²) in [4.78, 5) is 40.7. The highest BCUT2D eigenvalue weighted by Crippen LogP contribution is 1.99. The van der Waals surface area contributed by atoms with Crippen LogP contribution in [0.5, 0.6) is 0 Å². The van der Waals surface area contributed by atoms with Crippen molar-refractivity contribution in [2.45, 2.75) is 25.3 Å². The van der Waals surface area contributed by atoms with Gasteiger partial charge in [-0.15, -0.1) is 0 Å². The summed E-state index contributed by atoms with van der Waals surface area (Å²) in [5.41, 5.74) is 5.73. The van der Waals surface area contributed by atoms with Crippen molar-refractivity contribution in [2.24, 2.45) is 5.73 Å². The minimum absolute atomic E-state index is 0.0231. The standard InChI is InChI=1S/C9H8O3.C5H9NO4/c10-8(9(11)12)6-7-4-2-1-3-5-7;6-3(5(9)10)1-2-4(7)8/h1-5H,6H2,(H,11,12);3H,1-2,6H2,(H,7,8)(H,9,10)/t;3-/m.0/s1. The van der Waals surface area contributed by atoms with Crippen LogP contribution in [0.25, 0.3) is 0 Å². The smallest absolute Gasteiger partial charge is 0.372 e. The monoisotopic (exact) mass is 311 g/mol. The summed E-state index contributed by atoms with van der Waals surface area (Å²) < 4.78 is 0. The van der Waals surface area contributed by atoms with E-state index in [2.05, 4.69) is 0 Å². The highest BCUT2D eigenvalue weighted by molar-refractivity contribution is 6.33. The Balaban J connectivity index is 0.000000409. The molecule has 0 bridgehead atoms. The van der Waals surface area contributed by atoms with Gasteiger partial charge in [-0.1, -0.05) is 30.3 Å². The zero-order valence-electron chi connectivity index (χ0n) is 11.6. The Labute approximate surface area is 126 Å². The largest absolute Gasteiger partial charge is 0.481 e. The Hall–Kier alpha value is -2.74. The van der Waals surface area contributed by atoms with Crippen LogP contribution < -0.4 is 5.73 Å². The highest BCUT2D eigenvalue weighted by Gasteiger charge is 2.12. The highest BCUT2D eigenvalue weighted by atomic mass is 16.4. The third kappa shape index (κ3) is 9.21. The van der Waals surface area contributed by atoms with Gasteiger partial charge in [0.15, 0.2) is 0 Å². The molecule has 22 heavy (non-hydrogen) atoms. The number of rotatable bonds is 7. The predicted molar refractivity (Wildman–Crippen MR) is 75.3 cm³/mol. The summed E-state index contributed by atoms with van der Waals surface area (Å²) in [6, 6.07) is 7.74. The quantitative estimate of drug-likeness (QED) is 0.518. The molecular formula is C14H17NO7. The molecule has 1 atom stereocenters. The molecule has 0 aliphatic rings. The Bertz CT molecular complexity index is 527. The number of carbonyl (C=O) groups is 4. The summed E-state index contributed by atoms with van der Waals surface area (Å²) in [6.45, 7) is 0. The van der Waals surface area contributed by atoms with E-state index >= 15 is 0 Å². The molecule has 0 radical (unpaired) electrons. The van der Waals surface area contributed by atoms with Crippen LogP contribution in [-0.4, -0.2) is 45.1 Å². The topological polar surface area (TPSA) is 155 Å². The van der Waals surface area contributed by atoms with Gasteiger partial charge >= 0.3 is 17.9 Å². The average Bonchev–Trinajstić information content (AvgIpc) is 2.46. The number of hydrogen-bond donors (Lipinski definition) is 4. The Morgan fingerprint density at radius 1 is 1.00 bits per heavy atom. The molecule has 5 N–H and O–H groups in total. The number of carboxylic acid groups (broad SMARTS) is 3. The normalized spacial score (nSPS) is 10.8. The molecule has 1 aromatic carbocycles. The van der Waals surface area contributed by atoms with Crippen LogP contribution >= 0.6 is 0 Å². The Kier molecular flexibility index (Phi) is 8.80. The molecule has 8 nitrogen and oxygen atoms in total. The predicted octanol–water partition coefficient (Wildman–Crippen LogP) is 0.146. The van der Waals surface area contributed by atoms with Gasteiger partial charge < -0.3 is 21.1 Å². The molecular weight excluding hydrogens is 294 g/mol. The number of ketones is 1. The van der Waals surface area contributed by atoms with Gasteiger partial charge in [0, 0.05) is 12.8 Å². The van der Waals surface area contributed by atoms with Gasteiger partial charge in [0.05, 0.1) is 0 Å². The van der Waals surface area contributed by atoms with Crippen molar-refractivity contribution in [3.05, 3.63) is 35.9 Å². The lowest BCUT2D eigenvalue weighted by Gasteiger charge is -2.01. The minimum atomic E-state index is -1.38. The van der Waals surface area contributed by atoms with Crippen LogP contribution in [0, 0.1) is 0 Å². The Morgan fingerprint density at radius 2 is 1.55 bits per heavy atom. The van der Waals surface area contributed by atoms with E-state index in [0.29, 0.717) is 0 Å². The van der Waals surface area contributed by atoms with Gasteiger partial charge in [0.2, 0.25) is 5.78 Å². The molecule has 120 valence electrons. The molecule has 0 unspecified atom stereocenters. The van der Waals surface area contributed by atoms with Gasteiger partial charge in [-0.05, 0) is 12.0 Å². The first-order chi connectivity index (χ1) is 10.2. The van der Waals surface area contributed by atoms with E-state index in [0.717, 1.165) is 5.56 Å². The SMILES string of the molecule is N[C@@H](CCC(=O)O)C(=O)O.O=C(O)C(=O)Cc1ccccc1. The second-order valence-corrected chi connectivity index (χ2v) is 4.27.